The Morgan fingerprint density at radius 3 is 1.28 bits per heavy atom. The van der Waals surface area contributed by atoms with Crippen molar-refractivity contribution in [2.75, 3.05) is 0 Å². The zero-order chi connectivity index (χ0) is 20.7. The highest BCUT2D eigenvalue weighted by atomic mass is 16.1. The quantitative estimate of drug-likeness (QED) is 0.632. The van der Waals surface area contributed by atoms with E-state index in [1.165, 1.54) is 0 Å². The van der Waals surface area contributed by atoms with E-state index in [0.717, 1.165) is 6.42 Å². The molecule has 2 unspecified atom stereocenters. The Morgan fingerprint density at radius 2 is 1.04 bits per heavy atom. The van der Waals surface area contributed by atoms with Crippen LogP contribution in [-0.4, -0.2) is 35.7 Å². The molecule has 0 aromatic carbocycles. The van der Waals surface area contributed by atoms with Crippen molar-refractivity contribution >= 4 is 11.6 Å². The number of hydrogen-bond donors (Lipinski definition) is 2. The first-order valence-electron chi connectivity index (χ1n) is 10.0. The highest BCUT2D eigenvalue weighted by molar-refractivity contribution is 5.85. The van der Waals surface area contributed by atoms with E-state index in [0.29, 0.717) is 23.7 Å². The van der Waals surface area contributed by atoms with Crippen molar-refractivity contribution < 1.29 is 9.59 Å². The average Bonchev–Trinajstić information content (AvgIpc) is 2.52. The summed E-state index contributed by atoms with van der Waals surface area (Å²) in [5.74, 6) is 0.891. The lowest BCUT2D eigenvalue weighted by molar-refractivity contribution is -0.124. The van der Waals surface area contributed by atoms with Gasteiger partial charge >= 0.3 is 0 Å². The zero-order valence-corrected chi connectivity index (χ0v) is 19.0. The van der Waals surface area contributed by atoms with E-state index in [9.17, 15) is 9.59 Å². The molecular formula is C21H46N2O2. The molecule has 0 bridgehead atoms. The van der Waals surface area contributed by atoms with E-state index in [1.807, 2.05) is 69.2 Å². The third kappa shape index (κ3) is 16.5. The number of carbonyl (C=O) groups is 2. The van der Waals surface area contributed by atoms with Gasteiger partial charge in [-0.05, 0) is 13.3 Å². The molecule has 152 valence electrons. The summed E-state index contributed by atoms with van der Waals surface area (Å²) in [6.07, 6.45) is 0.884. The van der Waals surface area contributed by atoms with Gasteiger partial charge in [-0.15, -0.1) is 0 Å². The molecule has 0 radical (unpaired) electrons. The summed E-state index contributed by atoms with van der Waals surface area (Å²) in [6.45, 7) is 23.9. The molecule has 25 heavy (non-hydrogen) atoms. The Hall–Kier alpha value is -0.740. The van der Waals surface area contributed by atoms with Crippen molar-refractivity contribution in [1.82, 2.24) is 10.6 Å². The van der Waals surface area contributed by atoms with Gasteiger partial charge in [0.25, 0.3) is 0 Å². The van der Waals surface area contributed by atoms with Gasteiger partial charge in [0.1, 0.15) is 0 Å². The topological polar surface area (TPSA) is 58.2 Å². The SMILES string of the molecule is CC.CC(C)NC(C)C(=O)C(C)C.CCC(NC(C)C)C(=O)C(C)C. The van der Waals surface area contributed by atoms with Crippen LogP contribution in [0.2, 0.25) is 0 Å². The lowest BCUT2D eigenvalue weighted by Crippen LogP contribution is -2.42. The molecule has 0 fully saturated rings. The summed E-state index contributed by atoms with van der Waals surface area (Å²) in [7, 11) is 0. The molecule has 2 atom stereocenters. The molecule has 0 rings (SSSR count). The van der Waals surface area contributed by atoms with Crippen molar-refractivity contribution in [2.24, 2.45) is 11.8 Å². The van der Waals surface area contributed by atoms with Gasteiger partial charge in [0.2, 0.25) is 0 Å². The van der Waals surface area contributed by atoms with E-state index < -0.39 is 0 Å². The Kier molecular flexibility index (Phi) is 19.4. The van der Waals surface area contributed by atoms with Gasteiger partial charge in [0.05, 0.1) is 12.1 Å². The fourth-order valence-corrected chi connectivity index (χ4v) is 2.29. The maximum Gasteiger partial charge on any atom is 0.152 e. The van der Waals surface area contributed by atoms with Crippen molar-refractivity contribution in [3.05, 3.63) is 0 Å². The Morgan fingerprint density at radius 1 is 0.680 bits per heavy atom. The Bertz CT molecular complexity index is 337. The van der Waals surface area contributed by atoms with Crippen LogP contribution in [0.1, 0.15) is 89.5 Å². The fourth-order valence-electron chi connectivity index (χ4n) is 2.29. The maximum absolute atomic E-state index is 11.5. The minimum atomic E-state index is -0.00463. The third-order valence-electron chi connectivity index (χ3n) is 3.43. The summed E-state index contributed by atoms with van der Waals surface area (Å²) >= 11 is 0. The molecule has 0 aliphatic heterocycles. The van der Waals surface area contributed by atoms with Gasteiger partial charge < -0.3 is 10.6 Å². The number of rotatable bonds is 9. The van der Waals surface area contributed by atoms with E-state index in [1.54, 1.807) is 0 Å². The Labute approximate surface area is 157 Å². The van der Waals surface area contributed by atoms with Gasteiger partial charge in [0.15, 0.2) is 11.6 Å². The number of nitrogens with one attached hydrogen (secondary N) is 2. The highest BCUT2D eigenvalue weighted by Crippen LogP contribution is 2.04. The fraction of sp³-hybridized carbons (Fsp3) is 0.905. The van der Waals surface area contributed by atoms with Crippen LogP contribution < -0.4 is 10.6 Å². The molecule has 0 spiro atoms. The number of ketones is 2. The summed E-state index contributed by atoms with van der Waals surface area (Å²) in [5, 5.41) is 6.44. The predicted octanol–water partition coefficient (Wildman–Crippen LogP) is 4.61. The van der Waals surface area contributed by atoms with Gasteiger partial charge in [-0.25, -0.2) is 0 Å². The lowest BCUT2D eigenvalue weighted by atomic mass is 9.99. The first-order valence-corrected chi connectivity index (χ1v) is 10.0. The van der Waals surface area contributed by atoms with Gasteiger partial charge in [-0.1, -0.05) is 76.2 Å². The van der Waals surface area contributed by atoms with Gasteiger partial charge in [-0.2, -0.15) is 0 Å². The molecule has 0 aromatic heterocycles. The van der Waals surface area contributed by atoms with Gasteiger partial charge in [0, 0.05) is 23.9 Å². The summed E-state index contributed by atoms with van der Waals surface area (Å²) in [4.78, 5) is 22.9. The average molecular weight is 359 g/mol. The second kappa shape index (κ2) is 16.7. The lowest BCUT2D eigenvalue weighted by Gasteiger charge is -2.20. The first-order chi connectivity index (χ1) is 11.4. The Balaban J connectivity index is -0.000000353. The first kappa shape index (κ1) is 29.0. The third-order valence-corrected chi connectivity index (χ3v) is 3.43. The zero-order valence-electron chi connectivity index (χ0n) is 19.0. The second-order valence-corrected chi connectivity index (χ2v) is 7.44. The van der Waals surface area contributed by atoms with E-state index >= 15 is 0 Å². The molecule has 0 amide bonds. The molecule has 0 saturated carbocycles. The molecule has 0 aromatic rings. The summed E-state index contributed by atoms with van der Waals surface area (Å²) < 4.78 is 0. The van der Waals surface area contributed by atoms with Crippen LogP contribution in [0, 0.1) is 11.8 Å². The highest BCUT2D eigenvalue weighted by Gasteiger charge is 2.19. The van der Waals surface area contributed by atoms with Crippen molar-refractivity contribution in [2.45, 2.75) is 114 Å². The van der Waals surface area contributed by atoms with Crippen molar-refractivity contribution in [3.8, 4) is 0 Å². The number of Topliss-reactive ketones (excluding diaryl/α,β-unsaturated/α-hetero) is 2. The van der Waals surface area contributed by atoms with Crippen LogP contribution >= 0.6 is 0 Å². The molecule has 0 aliphatic rings. The van der Waals surface area contributed by atoms with Crippen molar-refractivity contribution in [1.29, 1.82) is 0 Å². The summed E-state index contributed by atoms with van der Waals surface area (Å²) in [6, 6.07) is 0.811. The van der Waals surface area contributed by atoms with Crippen LogP contribution in [-0.2, 0) is 9.59 Å². The second-order valence-electron chi connectivity index (χ2n) is 7.44. The number of carbonyl (C=O) groups excluding carboxylic acids is 2. The number of hydrogen-bond acceptors (Lipinski definition) is 4. The van der Waals surface area contributed by atoms with E-state index in [-0.39, 0.29) is 23.9 Å². The van der Waals surface area contributed by atoms with Crippen molar-refractivity contribution in [3.63, 3.8) is 0 Å². The van der Waals surface area contributed by atoms with Gasteiger partial charge in [-0.3, -0.25) is 9.59 Å². The van der Waals surface area contributed by atoms with Crippen LogP contribution in [0.25, 0.3) is 0 Å². The van der Waals surface area contributed by atoms with E-state index in [2.05, 4.69) is 24.5 Å². The van der Waals surface area contributed by atoms with E-state index in [4.69, 9.17) is 0 Å². The smallest absolute Gasteiger partial charge is 0.152 e. The van der Waals surface area contributed by atoms with Crippen LogP contribution in [0.4, 0.5) is 0 Å². The van der Waals surface area contributed by atoms with Crippen LogP contribution in [0.3, 0.4) is 0 Å². The predicted molar refractivity (Wildman–Crippen MR) is 111 cm³/mol. The minimum absolute atomic E-state index is 0.00463. The summed E-state index contributed by atoms with van der Waals surface area (Å²) in [5.41, 5.74) is 0. The normalized spacial score (nSPS) is 13.1. The largest absolute Gasteiger partial charge is 0.305 e. The molecular weight excluding hydrogens is 312 g/mol. The maximum atomic E-state index is 11.5. The molecule has 0 heterocycles. The standard InChI is InChI=1S/C10H21NO.C9H19NO.C2H6/c1-6-9(11-8(4)5)10(12)7(2)3;1-6(2)9(11)8(5)10-7(3)4;1-2/h7-9,11H,6H2,1-5H3;6-8,10H,1-5H3;1-2H3. The molecule has 0 aliphatic carbocycles. The molecule has 2 N–H and O–H groups in total. The molecule has 4 nitrogen and oxygen atoms in total. The molecule has 4 heteroatoms. The minimum Gasteiger partial charge on any atom is -0.305 e. The van der Waals surface area contributed by atoms with Crippen LogP contribution in [0.15, 0.2) is 0 Å². The van der Waals surface area contributed by atoms with Crippen LogP contribution in [0.5, 0.6) is 0 Å². The molecule has 0 saturated heterocycles. The monoisotopic (exact) mass is 358 g/mol.